The summed E-state index contributed by atoms with van der Waals surface area (Å²) in [4.78, 5) is 62.4. The normalized spacial score (nSPS) is 19.5. The van der Waals surface area contributed by atoms with E-state index in [1.54, 1.807) is 11.9 Å². The van der Waals surface area contributed by atoms with E-state index in [0.717, 1.165) is 62.4 Å². The van der Waals surface area contributed by atoms with Gasteiger partial charge in [-0.1, -0.05) is 36.7 Å². The first-order valence-electron chi connectivity index (χ1n) is 21.8. The van der Waals surface area contributed by atoms with Gasteiger partial charge >= 0.3 is 24.3 Å². The van der Waals surface area contributed by atoms with Crippen LogP contribution in [0.1, 0.15) is 62.1 Å². The van der Waals surface area contributed by atoms with Crippen LogP contribution in [-0.2, 0) is 42.8 Å². The second-order valence-electron chi connectivity index (χ2n) is 16.9. The van der Waals surface area contributed by atoms with Crippen molar-refractivity contribution in [3.05, 3.63) is 58.1 Å². The highest BCUT2D eigenvalue weighted by Gasteiger charge is 2.38. The second kappa shape index (κ2) is 21.8. The van der Waals surface area contributed by atoms with E-state index in [9.17, 15) is 37.5 Å². The summed E-state index contributed by atoms with van der Waals surface area (Å²) < 4.78 is 58.2. The molecule has 2 aromatic rings. The number of nitrogens with one attached hydrogen (secondary N) is 1. The fourth-order valence-corrected chi connectivity index (χ4v) is 9.09. The van der Waals surface area contributed by atoms with Crippen molar-refractivity contribution in [2.45, 2.75) is 76.6 Å². The zero-order valence-corrected chi connectivity index (χ0v) is 36.4. The minimum absolute atomic E-state index is 0.0343. The number of carbonyl (C=O) groups is 4. The van der Waals surface area contributed by atoms with Crippen molar-refractivity contribution < 1.29 is 51.7 Å². The summed E-state index contributed by atoms with van der Waals surface area (Å²) in [5.74, 6) is -1.27. The first-order chi connectivity index (χ1) is 29.7. The number of halogens is 4. The molecule has 4 amide bonds. The van der Waals surface area contributed by atoms with Crippen molar-refractivity contribution >= 4 is 41.3 Å². The molecule has 0 radical (unpaired) electrons. The third kappa shape index (κ3) is 12.9. The number of esters is 1. The van der Waals surface area contributed by atoms with Gasteiger partial charge in [0.1, 0.15) is 12.4 Å². The largest absolute Gasteiger partial charge is 0.506 e. The first-order valence-corrected chi connectivity index (χ1v) is 22.2. The minimum Gasteiger partial charge on any atom is -0.506 e. The highest BCUT2D eigenvalue weighted by molar-refractivity contribution is 6.32. The summed E-state index contributed by atoms with van der Waals surface area (Å²) in [6.45, 7) is 9.96. The van der Waals surface area contributed by atoms with Crippen LogP contribution in [0.25, 0.3) is 0 Å². The van der Waals surface area contributed by atoms with E-state index in [2.05, 4.69) is 22.0 Å². The molecule has 14 nitrogen and oxygen atoms in total. The number of amides is 4. The van der Waals surface area contributed by atoms with Crippen LogP contribution >= 0.6 is 11.6 Å². The number of piperidine rings is 2. The molecule has 0 aliphatic carbocycles. The molecule has 0 saturated carbocycles. The smallest absolute Gasteiger partial charge is 0.420 e. The molecule has 2 atom stereocenters. The number of likely N-dealkylation sites (N-methyl/N-ethyl adjacent to an activating group) is 1. The molecule has 0 spiro atoms. The number of benzene rings is 2. The summed E-state index contributed by atoms with van der Waals surface area (Å²) in [6.07, 6.45) is -3.12. The third-order valence-corrected chi connectivity index (χ3v) is 13.1. The maximum Gasteiger partial charge on any atom is 0.420 e. The number of nitrogens with zero attached hydrogens (tertiary/aromatic N) is 5. The van der Waals surface area contributed by atoms with Crippen LogP contribution < -0.4 is 5.32 Å². The highest BCUT2D eigenvalue weighted by Crippen LogP contribution is 2.41. The van der Waals surface area contributed by atoms with E-state index >= 15 is 0 Å². The predicted molar refractivity (Wildman–Crippen MR) is 226 cm³/mol. The molecule has 18 heteroatoms. The van der Waals surface area contributed by atoms with Gasteiger partial charge in [-0.2, -0.15) is 13.2 Å². The van der Waals surface area contributed by atoms with E-state index in [1.807, 2.05) is 24.3 Å². The number of phenols is 1. The van der Waals surface area contributed by atoms with Gasteiger partial charge in [0.25, 0.3) is 5.91 Å². The zero-order valence-electron chi connectivity index (χ0n) is 35.7. The number of fused-ring (bicyclic) bond motifs is 1. The lowest BCUT2D eigenvalue weighted by molar-refractivity contribution is -0.145. The number of anilines is 1. The molecular weight excluding hydrogens is 833 g/mol. The van der Waals surface area contributed by atoms with Crippen molar-refractivity contribution in [1.82, 2.24) is 24.5 Å². The molecule has 1 unspecified atom stereocenters. The Hall–Kier alpha value is -4.32. The van der Waals surface area contributed by atoms with Gasteiger partial charge < -0.3 is 44.2 Å². The Morgan fingerprint density at radius 1 is 0.984 bits per heavy atom. The summed E-state index contributed by atoms with van der Waals surface area (Å²) in [6, 6.07) is 9.16. The Kier molecular flexibility index (Phi) is 16.6. The Balaban J connectivity index is 1.00. The van der Waals surface area contributed by atoms with Crippen molar-refractivity contribution in [1.29, 1.82) is 0 Å². The van der Waals surface area contributed by atoms with Crippen LogP contribution in [0, 0.1) is 11.8 Å². The topological polar surface area (TPSA) is 144 Å². The molecule has 6 rings (SSSR count). The Bertz CT molecular complexity index is 1850. The van der Waals surface area contributed by atoms with Crippen LogP contribution in [0.15, 0.2) is 36.4 Å². The van der Waals surface area contributed by atoms with Gasteiger partial charge in [0.05, 0.1) is 30.2 Å². The number of hydrogen-bond acceptors (Lipinski definition) is 10. The lowest BCUT2D eigenvalue weighted by atomic mass is 9.83. The average Bonchev–Trinajstić information content (AvgIpc) is 3.43. The maximum atomic E-state index is 14.0. The fraction of sp³-hybridized carbons (Fsp3) is 0.636. The van der Waals surface area contributed by atoms with Crippen LogP contribution in [0.4, 0.5) is 28.4 Å². The molecule has 342 valence electrons. The zero-order chi connectivity index (χ0) is 44.4. The van der Waals surface area contributed by atoms with Crippen LogP contribution in [0.3, 0.4) is 0 Å². The molecule has 2 N–H and O–H groups in total. The monoisotopic (exact) mass is 892 g/mol. The molecule has 3 fully saturated rings. The number of urea groups is 1. The van der Waals surface area contributed by atoms with Gasteiger partial charge in [0.2, 0.25) is 0 Å². The predicted octanol–water partition coefficient (Wildman–Crippen LogP) is 6.13. The number of alkyl halides is 3. The number of hydrogen-bond donors (Lipinski definition) is 2. The molecule has 0 bridgehead atoms. The van der Waals surface area contributed by atoms with E-state index in [-0.39, 0.29) is 42.6 Å². The number of rotatable bonds is 15. The van der Waals surface area contributed by atoms with Crippen LogP contribution in [-0.4, -0.2) is 158 Å². The van der Waals surface area contributed by atoms with Crippen molar-refractivity contribution in [3.63, 3.8) is 0 Å². The Morgan fingerprint density at radius 3 is 2.39 bits per heavy atom. The Morgan fingerprint density at radius 2 is 1.68 bits per heavy atom. The van der Waals surface area contributed by atoms with Gasteiger partial charge in [-0.05, 0) is 92.8 Å². The first kappa shape index (κ1) is 47.2. The average molecular weight is 893 g/mol. The molecule has 4 heterocycles. The summed E-state index contributed by atoms with van der Waals surface area (Å²) in [7, 11) is 1.58. The molecule has 4 aliphatic rings. The summed E-state index contributed by atoms with van der Waals surface area (Å²) in [5.41, 5.74) is 0.429. The second-order valence-corrected chi connectivity index (χ2v) is 17.3. The van der Waals surface area contributed by atoms with E-state index < -0.39 is 47.0 Å². The van der Waals surface area contributed by atoms with E-state index in [0.29, 0.717) is 84.0 Å². The quantitative estimate of drug-likeness (QED) is 0.201. The number of carbonyl (C=O) groups excluding carboxylic acids is 4. The number of aromatic hydroxyl groups is 1. The lowest BCUT2D eigenvalue weighted by Crippen LogP contribution is -2.51. The van der Waals surface area contributed by atoms with Gasteiger partial charge in [-0.15, -0.1) is 0 Å². The van der Waals surface area contributed by atoms with Crippen molar-refractivity contribution in [3.8, 4) is 5.75 Å². The SMILES string of the molecule is CC(CCN(C)C(=O)[C@@H](Cc1cc(Cl)c(O)c(C(F)(F)F)c1)OC(=O)N1CCC(N2CCc3ccccc3NC2=O)CC1)C1CCN(CCC(=O)OCCN2CCOCC2)CC1. The lowest BCUT2D eigenvalue weighted by Gasteiger charge is -2.38. The van der Waals surface area contributed by atoms with Gasteiger partial charge in [0.15, 0.2) is 6.10 Å². The molecule has 0 aromatic heterocycles. The standard InChI is InChI=1S/C44H60ClF3N6O8/c1-30(32-8-15-51(16-9-32)17-13-39(55)61-26-23-52-21-24-60-25-22-52)7-14-50(2)41(57)38(29-31-27-35(44(46,47)48)40(56)36(45)28-31)62-43(59)53-18-11-34(12-19-53)54-20-10-33-5-3-4-6-37(33)49-42(54)58/h3-6,27-28,30,32,34,38,56H,7-26,29H2,1-2H3,(H,49,58)/t30?,38-/m1/s1. The third-order valence-electron chi connectivity index (χ3n) is 12.8. The molecule has 62 heavy (non-hydrogen) atoms. The number of morpholine rings is 1. The van der Waals surface area contributed by atoms with E-state index in [1.165, 1.54) is 9.80 Å². The van der Waals surface area contributed by atoms with Gasteiger partial charge in [-0.25, -0.2) is 9.59 Å². The minimum atomic E-state index is -4.92. The number of phenolic OH excluding ortho intramolecular Hbond substituents is 1. The highest BCUT2D eigenvalue weighted by atomic mass is 35.5. The molecule has 2 aromatic carbocycles. The Labute approximate surface area is 366 Å². The van der Waals surface area contributed by atoms with Crippen molar-refractivity contribution in [2.75, 3.05) is 97.6 Å². The number of ether oxygens (including phenoxy) is 3. The summed E-state index contributed by atoms with van der Waals surface area (Å²) in [5, 5.41) is 12.5. The van der Waals surface area contributed by atoms with E-state index in [4.69, 9.17) is 25.8 Å². The maximum absolute atomic E-state index is 14.0. The molecule has 3 saturated heterocycles. The number of para-hydroxylation sites is 1. The van der Waals surface area contributed by atoms with Crippen molar-refractivity contribution in [2.24, 2.45) is 11.8 Å². The number of likely N-dealkylation sites (tertiary alicyclic amines) is 2. The molecule has 4 aliphatic heterocycles. The van der Waals surface area contributed by atoms with Gasteiger partial charge in [-0.3, -0.25) is 14.5 Å². The summed E-state index contributed by atoms with van der Waals surface area (Å²) >= 11 is 6.02. The van der Waals surface area contributed by atoms with Crippen LogP contribution in [0.5, 0.6) is 5.75 Å². The van der Waals surface area contributed by atoms with Gasteiger partial charge in [0, 0.05) is 77.6 Å². The molecular formula is C44H60ClF3N6O8. The van der Waals surface area contributed by atoms with Crippen LogP contribution in [0.2, 0.25) is 5.02 Å². The fourth-order valence-electron chi connectivity index (χ4n) is 8.85.